The van der Waals surface area contributed by atoms with Gasteiger partial charge >= 0.3 is 0 Å². The largest absolute Gasteiger partial charge is 0.497 e. The van der Waals surface area contributed by atoms with Gasteiger partial charge in [-0.25, -0.2) is 8.42 Å². The third-order valence-electron chi connectivity index (χ3n) is 7.54. The van der Waals surface area contributed by atoms with Crippen LogP contribution in [0.3, 0.4) is 0 Å². The van der Waals surface area contributed by atoms with Gasteiger partial charge in [0.05, 0.1) is 33.3 Å². The number of likely N-dealkylation sites (N-methyl/N-ethyl adjacent to an activating group) is 1. The SMILES string of the molecule is COCCNC(=O)/C=C/c1ccc(OC)c(S(=O)(=O)Nc2ccc3c(c2)C(N(C)C(=O)Cc2cccc(OC)c2)CCC3)c1. The third kappa shape index (κ3) is 8.18. The minimum absolute atomic E-state index is 0.0379. The van der Waals surface area contributed by atoms with Crippen LogP contribution in [-0.2, 0) is 37.2 Å². The Kier molecular flexibility index (Phi) is 11.0. The quantitative estimate of drug-likeness (QED) is 0.215. The Balaban J connectivity index is 1.54. The van der Waals surface area contributed by atoms with Gasteiger partial charge < -0.3 is 24.4 Å². The Bertz CT molecular complexity index is 1620. The fourth-order valence-electron chi connectivity index (χ4n) is 5.22. The van der Waals surface area contributed by atoms with Crippen molar-refractivity contribution in [3.63, 3.8) is 0 Å². The average molecular weight is 622 g/mol. The molecule has 0 bridgehead atoms. The van der Waals surface area contributed by atoms with Gasteiger partial charge in [-0.05, 0) is 84.0 Å². The third-order valence-corrected chi connectivity index (χ3v) is 8.94. The predicted octanol–water partition coefficient (Wildman–Crippen LogP) is 4.36. The summed E-state index contributed by atoms with van der Waals surface area (Å²) in [6, 6.07) is 17.4. The van der Waals surface area contributed by atoms with Gasteiger partial charge in [0.1, 0.15) is 16.4 Å². The number of sulfonamides is 1. The molecule has 11 heteroatoms. The van der Waals surface area contributed by atoms with Gasteiger partial charge in [-0.3, -0.25) is 14.3 Å². The Labute approximate surface area is 259 Å². The summed E-state index contributed by atoms with van der Waals surface area (Å²) in [6.07, 6.45) is 5.62. The maximum atomic E-state index is 13.6. The molecule has 0 saturated heterocycles. The van der Waals surface area contributed by atoms with Crippen molar-refractivity contribution in [3.8, 4) is 11.5 Å². The van der Waals surface area contributed by atoms with Crippen molar-refractivity contribution >= 4 is 33.6 Å². The van der Waals surface area contributed by atoms with Crippen molar-refractivity contribution in [1.82, 2.24) is 10.2 Å². The number of rotatable bonds is 13. The number of ether oxygens (including phenoxy) is 3. The van der Waals surface area contributed by atoms with Crippen LogP contribution >= 0.6 is 0 Å². The molecule has 0 aliphatic heterocycles. The molecule has 0 fully saturated rings. The van der Waals surface area contributed by atoms with Crippen LogP contribution < -0.4 is 19.5 Å². The second-order valence-corrected chi connectivity index (χ2v) is 12.1. The summed E-state index contributed by atoms with van der Waals surface area (Å²) in [5, 5.41) is 2.68. The van der Waals surface area contributed by atoms with E-state index in [-0.39, 0.29) is 34.9 Å². The van der Waals surface area contributed by atoms with E-state index in [2.05, 4.69) is 10.0 Å². The Morgan fingerprint density at radius 3 is 2.59 bits per heavy atom. The number of hydrogen-bond acceptors (Lipinski definition) is 7. The molecule has 1 unspecified atom stereocenters. The van der Waals surface area contributed by atoms with E-state index in [1.165, 1.54) is 25.3 Å². The molecular weight excluding hydrogens is 582 g/mol. The lowest BCUT2D eigenvalue weighted by molar-refractivity contribution is -0.131. The zero-order valence-electron chi connectivity index (χ0n) is 25.5. The maximum absolute atomic E-state index is 13.6. The summed E-state index contributed by atoms with van der Waals surface area (Å²) in [5.74, 6) is 0.498. The fourth-order valence-corrected chi connectivity index (χ4v) is 6.47. The van der Waals surface area contributed by atoms with E-state index in [4.69, 9.17) is 14.2 Å². The highest BCUT2D eigenvalue weighted by Crippen LogP contribution is 2.36. The second kappa shape index (κ2) is 14.9. The van der Waals surface area contributed by atoms with Crippen LogP contribution in [0.4, 0.5) is 5.69 Å². The minimum Gasteiger partial charge on any atom is -0.497 e. The first kappa shape index (κ1) is 32.6. The topological polar surface area (TPSA) is 123 Å². The molecule has 1 aliphatic rings. The molecule has 4 rings (SSSR count). The Morgan fingerprint density at radius 1 is 1.02 bits per heavy atom. The summed E-state index contributed by atoms with van der Waals surface area (Å²) in [7, 11) is 2.25. The molecule has 2 amide bonds. The van der Waals surface area contributed by atoms with Crippen LogP contribution in [0.2, 0.25) is 0 Å². The number of carbonyl (C=O) groups excluding carboxylic acids is 2. The lowest BCUT2D eigenvalue weighted by Gasteiger charge is -2.34. The maximum Gasteiger partial charge on any atom is 0.265 e. The highest BCUT2D eigenvalue weighted by Gasteiger charge is 2.28. The van der Waals surface area contributed by atoms with E-state index in [1.54, 1.807) is 44.4 Å². The van der Waals surface area contributed by atoms with E-state index in [0.29, 0.717) is 30.2 Å². The van der Waals surface area contributed by atoms with Crippen LogP contribution in [0.15, 0.2) is 71.6 Å². The molecule has 3 aromatic rings. The molecule has 1 aliphatic carbocycles. The molecule has 0 saturated carbocycles. The van der Waals surface area contributed by atoms with E-state index in [0.717, 1.165) is 36.0 Å². The number of fused-ring (bicyclic) bond motifs is 1. The van der Waals surface area contributed by atoms with Crippen molar-refractivity contribution in [1.29, 1.82) is 0 Å². The highest BCUT2D eigenvalue weighted by molar-refractivity contribution is 7.92. The fraction of sp³-hybridized carbons (Fsp3) is 0.333. The first-order valence-corrected chi connectivity index (χ1v) is 15.8. The molecule has 1 atom stereocenters. The molecule has 0 heterocycles. The molecule has 234 valence electrons. The molecule has 0 radical (unpaired) electrons. The van der Waals surface area contributed by atoms with Crippen molar-refractivity contribution in [2.24, 2.45) is 0 Å². The summed E-state index contributed by atoms with van der Waals surface area (Å²) in [5.41, 5.74) is 3.75. The Morgan fingerprint density at radius 2 is 1.84 bits per heavy atom. The van der Waals surface area contributed by atoms with E-state index in [9.17, 15) is 18.0 Å². The van der Waals surface area contributed by atoms with E-state index in [1.807, 2.05) is 36.4 Å². The number of methoxy groups -OCH3 is 3. The van der Waals surface area contributed by atoms with Gasteiger partial charge in [-0.2, -0.15) is 0 Å². The number of aryl methyl sites for hydroxylation is 1. The van der Waals surface area contributed by atoms with Gasteiger partial charge in [0, 0.05) is 32.5 Å². The summed E-state index contributed by atoms with van der Waals surface area (Å²) in [6.45, 7) is 0.745. The zero-order chi connectivity index (χ0) is 31.7. The van der Waals surface area contributed by atoms with E-state index < -0.39 is 10.0 Å². The average Bonchev–Trinajstić information content (AvgIpc) is 3.03. The summed E-state index contributed by atoms with van der Waals surface area (Å²) in [4.78, 5) is 27.0. The monoisotopic (exact) mass is 621 g/mol. The van der Waals surface area contributed by atoms with Crippen LogP contribution in [0.5, 0.6) is 11.5 Å². The van der Waals surface area contributed by atoms with Gasteiger partial charge in [0.25, 0.3) is 10.0 Å². The van der Waals surface area contributed by atoms with Crippen molar-refractivity contribution in [2.75, 3.05) is 46.3 Å². The molecule has 44 heavy (non-hydrogen) atoms. The number of carbonyl (C=O) groups is 2. The molecule has 10 nitrogen and oxygen atoms in total. The number of anilines is 1. The highest BCUT2D eigenvalue weighted by atomic mass is 32.2. The van der Waals surface area contributed by atoms with Gasteiger partial charge in [0.2, 0.25) is 11.8 Å². The standard InChI is InChI=1S/C33H39N3O7S/c1-36(33(38)21-24-7-5-9-27(19-24)42-3)29-10-6-8-25-13-14-26(22-28(25)29)35-44(39,40)31-20-23(11-15-30(31)43-4)12-16-32(37)34-17-18-41-2/h5,7,9,11-16,19-20,22,29,35H,6,8,10,17-18,21H2,1-4H3,(H,34,37)/b16-12+. The minimum atomic E-state index is -4.08. The van der Waals surface area contributed by atoms with Crippen molar-refractivity contribution in [2.45, 2.75) is 36.6 Å². The summed E-state index contributed by atoms with van der Waals surface area (Å²) >= 11 is 0. The van der Waals surface area contributed by atoms with Gasteiger partial charge in [-0.15, -0.1) is 0 Å². The van der Waals surface area contributed by atoms with Crippen molar-refractivity contribution in [3.05, 3.63) is 89.0 Å². The Hall–Kier alpha value is -4.35. The number of benzene rings is 3. The smallest absolute Gasteiger partial charge is 0.265 e. The lowest BCUT2D eigenvalue weighted by atomic mass is 9.86. The molecule has 3 aromatic carbocycles. The second-order valence-electron chi connectivity index (χ2n) is 10.5. The normalized spacial score (nSPS) is 14.5. The van der Waals surface area contributed by atoms with Crippen LogP contribution in [-0.4, -0.2) is 66.7 Å². The number of amides is 2. The molecule has 0 aromatic heterocycles. The molecule has 0 spiro atoms. The zero-order valence-corrected chi connectivity index (χ0v) is 26.3. The summed E-state index contributed by atoms with van der Waals surface area (Å²) < 4.78 is 45.5. The first-order valence-electron chi connectivity index (χ1n) is 14.3. The van der Waals surface area contributed by atoms with E-state index >= 15 is 0 Å². The molecule has 2 N–H and O–H groups in total. The number of nitrogens with one attached hydrogen (secondary N) is 2. The first-order chi connectivity index (χ1) is 21.1. The van der Waals surface area contributed by atoms with Gasteiger partial charge in [0.15, 0.2) is 0 Å². The van der Waals surface area contributed by atoms with Crippen molar-refractivity contribution < 1.29 is 32.2 Å². The van der Waals surface area contributed by atoms with Crippen LogP contribution in [0.1, 0.15) is 41.1 Å². The number of hydrogen-bond donors (Lipinski definition) is 2. The molecular formula is C33H39N3O7S. The van der Waals surface area contributed by atoms with Gasteiger partial charge in [-0.1, -0.05) is 24.3 Å². The predicted molar refractivity (Wildman–Crippen MR) is 169 cm³/mol. The number of nitrogens with zero attached hydrogens (tertiary/aromatic N) is 1. The van der Waals surface area contributed by atoms with Crippen LogP contribution in [0, 0.1) is 0 Å². The lowest BCUT2D eigenvalue weighted by Crippen LogP contribution is -2.34. The van der Waals surface area contributed by atoms with Crippen LogP contribution in [0.25, 0.3) is 6.08 Å².